The molecule has 1 amide bonds. The minimum Gasteiger partial charge on any atom is -0.478 e. The minimum atomic E-state index is -0.979. The summed E-state index contributed by atoms with van der Waals surface area (Å²) in [7, 11) is 0. The molecule has 0 heterocycles. The lowest BCUT2D eigenvalue weighted by atomic mass is 10.1. The first-order valence-electron chi connectivity index (χ1n) is 7.14. The molecule has 0 radical (unpaired) electrons. The van der Waals surface area contributed by atoms with Crippen molar-refractivity contribution in [2.45, 2.75) is 45.8 Å². The van der Waals surface area contributed by atoms with Gasteiger partial charge in [0.15, 0.2) is 5.60 Å². The molecule has 118 valence electrons. The van der Waals surface area contributed by atoms with E-state index >= 15 is 0 Å². The molecule has 1 N–H and O–H groups in total. The first-order valence-corrected chi connectivity index (χ1v) is 7.52. The van der Waals surface area contributed by atoms with E-state index in [4.69, 9.17) is 21.4 Å². The Kier molecular flexibility index (Phi) is 6.49. The van der Waals surface area contributed by atoms with E-state index in [1.165, 1.54) is 0 Å². The first-order chi connectivity index (χ1) is 9.77. The molecule has 0 saturated carbocycles. The van der Waals surface area contributed by atoms with Gasteiger partial charge >= 0.3 is 0 Å². The van der Waals surface area contributed by atoms with Gasteiger partial charge in [-0.15, -0.1) is 0 Å². The second kappa shape index (κ2) is 7.66. The van der Waals surface area contributed by atoms with E-state index in [2.05, 4.69) is 0 Å². The number of aliphatic hydroxyl groups excluding tert-OH is 1. The monoisotopic (exact) mass is 313 g/mol. The van der Waals surface area contributed by atoms with Gasteiger partial charge in [0.05, 0.1) is 0 Å². The predicted octanol–water partition coefficient (Wildman–Crippen LogP) is 3.12. The molecular formula is C16H24ClNO3. The van der Waals surface area contributed by atoms with Crippen LogP contribution in [0.5, 0.6) is 5.75 Å². The number of hydrogen-bond donors (Lipinski definition) is 1. The van der Waals surface area contributed by atoms with Crippen LogP contribution in [-0.4, -0.2) is 40.7 Å². The van der Waals surface area contributed by atoms with Crippen molar-refractivity contribution in [2.75, 3.05) is 13.2 Å². The summed E-state index contributed by atoms with van der Waals surface area (Å²) >= 11 is 5.84. The van der Waals surface area contributed by atoms with Crippen LogP contribution in [0.2, 0.25) is 5.02 Å². The fourth-order valence-electron chi connectivity index (χ4n) is 2.02. The molecule has 0 saturated heterocycles. The van der Waals surface area contributed by atoms with E-state index in [0.717, 1.165) is 0 Å². The molecule has 0 bridgehead atoms. The first kappa shape index (κ1) is 17.8. The summed E-state index contributed by atoms with van der Waals surface area (Å²) in [5, 5.41) is 9.58. The fraction of sp³-hybridized carbons (Fsp3) is 0.562. The van der Waals surface area contributed by atoms with Gasteiger partial charge in [0.1, 0.15) is 5.75 Å². The van der Waals surface area contributed by atoms with Crippen LogP contribution < -0.4 is 4.74 Å². The lowest BCUT2D eigenvalue weighted by Gasteiger charge is -2.34. The summed E-state index contributed by atoms with van der Waals surface area (Å²) in [5.74, 6) is 0.504. The van der Waals surface area contributed by atoms with Crippen molar-refractivity contribution >= 4 is 17.5 Å². The van der Waals surface area contributed by atoms with Crippen molar-refractivity contribution in [3.63, 3.8) is 0 Å². The maximum Gasteiger partial charge on any atom is 0.266 e. The molecule has 4 nitrogen and oxygen atoms in total. The number of rotatable bonds is 7. The molecule has 0 unspecified atom stereocenters. The van der Waals surface area contributed by atoms with Gasteiger partial charge in [-0.1, -0.05) is 11.6 Å². The maximum absolute atomic E-state index is 12.7. The standard InChI is InChI=1S/C16H24ClNO3/c1-12(2)18(10-5-11-19)15(20)16(3,4)21-14-8-6-13(17)7-9-14/h6-9,12,19H,5,10-11H2,1-4H3. The molecule has 0 aliphatic carbocycles. The molecule has 21 heavy (non-hydrogen) atoms. The van der Waals surface area contributed by atoms with Crippen LogP contribution in [0.4, 0.5) is 0 Å². The van der Waals surface area contributed by atoms with Crippen LogP contribution in [0, 0.1) is 0 Å². The summed E-state index contributed by atoms with van der Waals surface area (Å²) in [6.07, 6.45) is 0.556. The van der Waals surface area contributed by atoms with Gasteiger partial charge in [-0.25, -0.2) is 0 Å². The van der Waals surface area contributed by atoms with Crippen molar-refractivity contribution in [3.8, 4) is 5.75 Å². The smallest absolute Gasteiger partial charge is 0.266 e. The number of halogens is 1. The SMILES string of the molecule is CC(C)N(CCCO)C(=O)C(C)(C)Oc1ccc(Cl)cc1. The van der Waals surface area contributed by atoms with Gasteiger partial charge in [-0.2, -0.15) is 0 Å². The molecule has 0 atom stereocenters. The van der Waals surface area contributed by atoms with Crippen molar-refractivity contribution in [1.82, 2.24) is 4.90 Å². The molecule has 1 aromatic carbocycles. The zero-order valence-corrected chi connectivity index (χ0v) is 13.9. The molecule has 0 fully saturated rings. The molecular weight excluding hydrogens is 290 g/mol. The summed E-state index contributed by atoms with van der Waals surface area (Å²) < 4.78 is 5.82. The number of carbonyl (C=O) groups excluding carboxylic acids is 1. The molecule has 5 heteroatoms. The Morgan fingerprint density at radius 1 is 1.33 bits per heavy atom. The highest BCUT2D eigenvalue weighted by molar-refractivity contribution is 6.30. The van der Waals surface area contributed by atoms with E-state index in [1.807, 2.05) is 13.8 Å². The van der Waals surface area contributed by atoms with Crippen LogP contribution >= 0.6 is 11.6 Å². The topological polar surface area (TPSA) is 49.8 Å². The number of nitrogens with zero attached hydrogens (tertiary/aromatic N) is 1. The van der Waals surface area contributed by atoms with Gasteiger partial charge in [0, 0.05) is 24.2 Å². The van der Waals surface area contributed by atoms with E-state index in [-0.39, 0.29) is 18.6 Å². The summed E-state index contributed by atoms with van der Waals surface area (Å²) in [6, 6.07) is 6.99. The third-order valence-corrected chi connectivity index (χ3v) is 3.40. The average molecular weight is 314 g/mol. The Labute approximate surface area is 131 Å². The number of ether oxygens (including phenoxy) is 1. The molecule has 0 aliphatic heterocycles. The number of hydrogen-bond acceptors (Lipinski definition) is 3. The molecule has 1 rings (SSSR count). The fourth-order valence-corrected chi connectivity index (χ4v) is 2.15. The van der Waals surface area contributed by atoms with E-state index in [9.17, 15) is 4.79 Å². The molecule has 1 aromatic rings. The largest absolute Gasteiger partial charge is 0.478 e. The normalized spacial score (nSPS) is 11.6. The van der Waals surface area contributed by atoms with Gasteiger partial charge in [0.25, 0.3) is 5.91 Å². The third-order valence-electron chi connectivity index (χ3n) is 3.14. The van der Waals surface area contributed by atoms with Crippen molar-refractivity contribution in [3.05, 3.63) is 29.3 Å². The Balaban J connectivity index is 2.82. The Morgan fingerprint density at radius 3 is 2.38 bits per heavy atom. The van der Waals surface area contributed by atoms with Gasteiger partial charge in [-0.3, -0.25) is 4.79 Å². The second-order valence-corrected chi connectivity index (χ2v) is 6.17. The van der Waals surface area contributed by atoms with Crippen LogP contribution in [0.3, 0.4) is 0 Å². The number of amides is 1. The second-order valence-electron chi connectivity index (χ2n) is 5.74. The highest BCUT2D eigenvalue weighted by Gasteiger charge is 2.35. The Bertz CT molecular complexity index is 457. The van der Waals surface area contributed by atoms with Gasteiger partial charge < -0.3 is 14.7 Å². The zero-order valence-electron chi connectivity index (χ0n) is 13.1. The number of carbonyl (C=O) groups is 1. The van der Waals surface area contributed by atoms with Crippen LogP contribution in [0.15, 0.2) is 24.3 Å². The average Bonchev–Trinajstić information content (AvgIpc) is 2.41. The minimum absolute atomic E-state index is 0.0529. The third kappa shape index (κ3) is 5.21. The highest BCUT2D eigenvalue weighted by atomic mass is 35.5. The zero-order chi connectivity index (χ0) is 16.0. The van der Waals surface area contributed by atoms with E-state index < -0.39 is 5.60 Å². The quantitative estimate of drug-likeness (QED) is 0.841. The van der Waals surface area contributed by atoms with Crippen LogP contribution in [0.1, 0.15) is 34.1 Å². The summed E-state index contributed by atoms with van der Waals surface area (Å²) in [6.45, 7) is 7.98. The molecule has 0 aliphatic rings. The maximum atomic E-state index is 12.7. The predicted molar refractivity (Wildman–Crippen MR) is 84.7 cm³/mol. The van der Waals surface area contributed by atoms with E-state index in [0.29, 0.717) is 23.7 Å². The lowest BCUT2D eigenvalue weighted by Crippen LogP contribution is -2.51. The number of benzene rings is 1. The van der Waals surface area contributed by atoms with Crippen molar-refractivity contribution < 1.29 is 14.6 Å². The molecule has 0 aromatic heterocycles. The number of aliphatic hydroxyl groups is 1. The van der Waals surface area contributed by atoms with Crippen molar-refractivity contribution in [1.29, 1.82) is 0 Å². The summed E-state index contributed by atoms with van der Waals surface area (Å²) in [4.78, 5) is 14.4. The van der Waals surface area contributed by atoms with Crippen LogP contribution in [0.25, 0.3) is 0 Å². The van der Waals surface area contributed by atoms with Gasteiger partial charge in [-0.05, 0) is 58.4 Å². The highest BCUT2D eigenvalue weighted by Crippen LogP contribution is 2.23. The van der Waals surface area contributed by atoms with Crippen molar-refractivity contribution in [2.24, 2.45) is 0 Å². The van der Waals surface area contributed by atoms with Gasteiger partial charge in [0.2, 0.25) is 0 Å². The molecule has 0 spiro atoms. The Hall–Kier alpha value is -1.26. The Morgan fingerprint density at radius 2 is 1.90 bits per heavy atom. The lowest BCUT2D eigenvalue weighted by molar-refractivity contribution is -0.147. The van der Waals surface area contributed by atoms with E-state index in [1.54, 1.807) is 43.0 Å². The van der Waals surface area contributed by atoms with Crippen LogP contribution in [-0.2, 0) is 4.79 Å². The summed E-state index contributed by atoms with van der Waals surface area (Å²) in [5.41, 5.74) is -0.979.